The van der Waals surface area contributed by atoms with Crippen molar-refractivity contribution in [2.75, 3.05) is 0 Å². The van der Waals surface area contributed by atoms with Gasteiger partial charge < -0.3 is 10.0 Å². The first kappa shape index (κ1) is 17.7. The monoisotopic (exact) mass is 358 g/mol. The highest BCUT2D eigenvalue weighted by Gasteiger charge is 2.26. The molecule has 0 aliphatic rings. The first-order valence-electron chi connectivity index (χ1n) is 7.92. The maximum Gasteiger partial charge on any atom is 0.489 e. The second kappa shape index (κ2) is 6.29. The van der Waals surface area contributed by atoms with Crippen LogP contribution in [0.2, 0.25) is 0 Å². The second-order valence-corrected chi connectivity index (χ2v) is 8.10. The van der Waals surface area contributed by atoms with Gasteiger partial charge in [0.2, 0.25) is 0 Å². The molecule has 0 aliphatic heterocycles. The lowest BCUT2D eigenvalue weighted by Crippen LogP contribution is -2.34. The Balaban J connectivity index is 2.25. The molecule has 1 aromatic heterocycles. The number of fused-ring (bicyclic) bond motifs is 1. The lowest BCUT2D eigenvalue weighted by molar-refractivity contribution is 0.425. The molecule has 0 aliphatic carbocycles. The van der Waals surface area contributed by atoms with Crippen LogP contribution in [-0.4, -0.2) is 34.8 Å². The summed E-state index contributed by atoms with van der Waals surface area (Å²) in [5, 5.41) is 24.0. The van der Waals surface area contributed by atoms with Crippen molar-refractivity contribution in [3.05, 3.63) is 53.7 Å². The van der Waals surface area contributed by atoms with Gasteiger partial charge in [-0.2, -0.15) is 17.6 Å². The average molecular weight is 358 g/mol. The Morgan fingerprint density at radius 1 is 1.08 bits per heavy atom. The first-order chi connectivity index (χ1) is 11.7. The fraction of sp³-hybridized carbons (Fsp3) is 0.235. The van der Waals surface area contributed by atoms with Gasteiger partial charge in [-0.05, 0) is 42.1 Å². The largest absolute Gasteiger partial charge is 0.489 e. The molecule has 0 spiro atoms. The molecule has 2 aromatic carbocycles. The van der Waals surface area contributed by atoms with Gasteiger partial charge in [-0.3, -0.25) is 0 Å². The van der Waals surface area contributed by atoms with E-state index in [-0.39, 0.29) is 16.3 Å². The van der Waals surface area contributed by atoms with E-state index in [0.29, 0.717) is 10.9 Å². The van der Waals surface area contributed by atoms with Crippen LogP contribution in [0.25, 0.3) is 10.9 Å². The van der Waals surface area contributed by atoms with Crippen LogP contribution in [0.1, 0.15) is 30.9 Å². The number of hydrogen-bond donors (Lipinski definition) is 2. The Morgan fingerprint density at radius 3 is 2.28 bits per heavy atom. The minimum absolute atomic E-state index is 0.0539. The van der Waals surface area contributed by atoms with E-state index in [1.54, 1.807) is 24.3 Å². The lowest BCUT2D eigenvalue weighted by Gasteiger charge is -2.14. The lowest BCUT2D eigenvalue weighted by atomic mass is 9.72. The zero-order valence-corrected chi connectivity index (χ0v) is 15.0. The van der Waals surface area contributed by atoms with E-state index in [9.17, 15) is 18.5 Å². The summed E-state index contributed by atoms with van der Waals surface area (Å²) in [6.07, 6.45) is 1.36. The Hall–Kier alpha value is -2.16. The van der Waals surface area contributed by atoms with E-state index >= 15 is 0 Å². The van der Waals surface area contributed by atoms with E-state index in [1.807, 2.05) is 20.8 Å². The van der Waals surface area contributed by atoms with Gasteiger partial charge in [0, 0.05) is 5.39 Å². The van der Waals surface area contributed by atoms with Gasteiger partial charge in [0.05, 0.1) is 16.6 Å². The van der Waals surface area contributed by atoms with Crippen molar-refractivity contribution in [3.63, 3.8) is 0 Å². The minimum atomic E-state index is -3.87. The van der Waals surface area contributed by atoms with Crippen molar-refractivity contribution in [2.24, 2.45) is 0 Å². The van der Waals surface area contributed by atoms with E-state index < -0.39 is 17.1 Å². The predicted octanol–water partition coefficient (Wildman–Crippen LogP) is 1.38. The zero-order chi connectivity index (χ0) is 18.4. The summed E-state index contributed by atoms with van der Waals surface area (Å²) in [6.45, 7) is 5.74. The average Bonchev–Trinajstić information content (AvgIpc) is 2.98. The molecule has 0 atom stereocenters. The SMILES string of the molecule is Cc1ccc(S(=O)(=O)n2ncc3c(B(O)O)c(C(C)C)ccc32)cc1. The van der Waals surface area contributed by atoms with Crippen LogP contribution in [0.3, 0.4) is 0 Å². The van der Waals surface area contributed by atoms with Crippen LogP contribution in [0.4, 0.5) is 0 Å². The summed E-state index contributed by atoms with van der Waals surface area (Å²) in [6, 6.07) is 9.86. The molecule has 25 heavy (non-hydrogen) atoms. The first-order valence-corrected chi connectivity index (χ1v) is 9.36. The number of aromatic nitrogens is 2. The number of aryl methyl sites for hydroxylation is 1. The Kier molecular flexibility index (Phi) is 4.44. The molecule has 0 radical (unpaired) electrons. The summed E-state index contributed by atoms with van der Waals surface area (Å²) in [4.78, 5) is 0.127. The van der Waals surface area contributed by atoms with Gasteiger partial charge in [0.1, 0.15) is 0 Å². The van der Waals surface area contributed by atoms with Gasteiger partial charge in [0.25, 0.3) is 10.0 Å². The topological polar surface area (TPSA) is 92.4 Å². The zero-order valence-electron chi connectivity index (χ0n) is 14.2. The van der Waals surface area contributed by atoms with Crippen LogP contribution in [0.5, 0.6) is 0 Å². The molecule has 6 nitrogen and oxygen atoms in total. The molecule has 130 valence electrons. The van der Waals surface area contributed by atoms with Gasteiger partial charge >= 0.3 is 7.12 Å². The van der Waals surface area contributed by atoms with Crippen LogP contribution >= 0.6 is 0 Å². The Labute approximate surface area is 146 Å². The fourth-order valence-corrected chi connectivity index (χ4v) is 4.18. The predicted molar refractivity (Wildman–Crippen MR) is 97.4 cm³/mol. The highest BCUT2D eigenvalue weighted by atomic mass is 32.2. The molecule has 1 heterocycles. The van der Waals surface area contributed by atoms with Crippen LogP contribution in [0, 0.1) is 6.92 Å². The second-order valence-electron chi connectivity index (χ2n) is 6.34. The molecule has 0 fully saturated rings. The van der Waals surface area contributed by atoms with Crippen molar-refractivity contribution in [2.45, 2.75) is 31.6 Å². The maximum atomic E-state index is 12.9. The van der Waals surface area contributed by atoms with Crippen LogP contribution < -0.4 is 5.46 Å². The minimum Gasteiger partial charge on any atom is -0.423 e. The van der Waals surface area contributed by atoms with Crippen molar-refractivity contribution in [1.82, 2.24) is 9.19 Å². The molecular formula is C17H19BN2O4S. The summed E-state index contributed by atoms with van der Waals surface area (Å²) < 4.78 is 26.7. The van der Waals surface area contributed by atoms with Crippen LogP contribution in [0.15, 0.2) is 47.5 Å². The van der Waals surface area contributed by atoms with Gasteiger partial charge in [-0.1, -0.05) is 37.6 Å². The smallest absolute Gasteiger partial charge is 0.423 e. The summed E-state index contributed by atoms with van der Waals surface area (Å²) in [7, 11) is -5.58. The number of benzene rings is 2. The van der Waals surface area contributed by atoms with Crippen molar-refractivity contribution in [1.29, 1.82) is 0 Å². The summed E-state index contributed by atoms with van der Waals surface area (Å²) >= 11 is 0. The molecule has 2 N–H and O–H groups in total. The van der Waals surface area contributed by atoms with E-state index in [4.69, 9.17) is 0 Å². The number of nitrogens with zero attached hydrogens (tertiary/aromatic N) is 2. The normalized spacial score (nSPS) is 12.1. The summed E-state index contributed by atoms with van der Waals surface area (Å²) in [5.41, 5.74) is 2.30. The van der Waals surface area contributed by atoms with E-state index in [0.717, 1.165) is 15.2 Å². The van der Waals surface area contributed by atoms with Gasteiger partial charge in [-0.15, -0.1) is 0 Å². The Morgan fingerprint density at radius 2 is 1.72 bits per heavy atom. The van der Waals surface area contributed by atoms with Crippen molar-refractivity contribution < 1.29 is 18.5 Å². The highest BCUT2D eigenvalue weighted by Crippen LogP contribution is 2.23. The van der Waals surface area contributed by atoms with Gasteiger partial charge in [-0.25, -0.2) is 0 Å². The molecular weight excluding hydrogens is 339 g/mol. The highest BCUT2D eigenvalue weighted by molar-refractivity contribution is 7.90. The molecule has 0 saturated heterocycles. The quantitative estimate of drug-likeness (QED) is 0.688. The molecule has 0 bridgehead atoms. The molecule has 8 heteroatoms. The van der Waals surface area contributed by atoms with E-state index in [2.05, 4.69) is 5.10 Å². The molecule has 0 amide bonds. The summed E-state index contributed by atoms with van der Waals surface area (Å²) in [5.74, 6) is 0.0539. The van der Waals surface area contributed by atoms with Gasteiger partial charge in [0.15, 0.2) is 0 Å². The molecule has 0 saturated carbocycles. The van der Waals surface area contributed by atoms with Crippen molar-refractivity contribution in [3.8, 4) is 0 Å². The standard InChI is InChI=1S/C17H19BN2O4S/c1-11(2)14-8-9-16-15(17(14)18(21)22)10-19-20(16)25(23,24)13-6-4-12(3)5-7-13/h4-11,21-22H,1-3H3. The molecule has 3 rings (SSSR count). The van der Waals surface area contributed by atoms with Crippen molar-refractivity contribution >= 4 is 33.5 Å². The van der Waals surface area contributed by atoms with E-state index in [1.165, 1.54) is 18.3 Å². The number of hydrogen-bond acceptors (Lipinski definition) is 5. The maximum absolute atomic E-state index is 12.9. The number of rotatable bonds is 4. The Bertz CT molecular complexity index is 1020. The third kappa shape index (κ3) is 2.97. The molecule has 0 unspecified atom stereocenters. The van der Waals surface area contributed by atoms with Crippen LogP contribution in [-0.2, 0) is 10.0 Å². The molecule has 3 aromatic rings. The third-order valence-electron chi connectivity index (χ3n) is 4.22. The fourth-order valence-electron chi connectivity index (χ4n) is 2.91. The third-order valence-corrected chi connectivity index (χ3v) is 5.84.